The lowest BCUT2D eigenvalue weighted by Gasteiger charge is -2.10. The molecule has 0 aromatic carbocycles. The van der Waals surface area contributed by atoms with Crippen LogP contribution < -0.4 is 0 Å². The quantitative estimate of drug-likeness (QED) is 0.606. The summed E-state index contributed by atoms with van der Waals surface area (Å²) in [5.41, 5.74) is 0.198. The Bertz CT molecular complexity index is 226. The van der Waals surface area contributed by atoms with Crippen LogP contribution in [0.2, 0.25) is 0 Å². The molecule has 1 rings (SSSR count). The minimum atomic E-state index is -3.23. The summed E-state index contributed by atoms with van der Waals surface area (Å²) in [6, 6.07) is 0. The second-order valence-electron chi connectivity index (χ2n) is 3.32. The van der Waals surface area contributed by atoms with Gasteiger partial charge in [0.25, 0.3) is 10.1 Å². The van der Waals surface area contributed by atoms with E-state index < -0.39 is 10.1 Å². The molecule has 0 saturated heterocycles. The van der Waals surface area contributed by atoms with E-state index in [4.69, 9.17) is 4.18 Å². The Labute approximate surface area is 67.9 Å². The molecule has 0 atom stereocenters. The predicted molar refractivity (Wildman–Crippen MR) is 42.8 cm³/mol. The van der Waals surface area contributed by atoms with E-state index in [2.05, 4.69) is 6.92 Å². The van der Waals surface area contributed by atoms with Gasteiger partial charge in [0.05, 0.1) is 12.9 Å². The van der Waals surface area contributed by atoms with E-state index >= 15 is 0 Å². The van der Waals surface area contributed by atoms with E-state index in [1.54, 1.807) is 0 Å². The van der Waals surface area contributed by atoms with E-state index in [0.717, 1.165) is 25.5 Å². The number of rotatable bonds is 4. The largest absolute Gasteiger partial charge is 0.270 e. The first kappa shape index (κ1) is 9.00. The van der Waals surface area contributed by atoms with Crippen molar-refractivity contribution in [1.29, 1.82) is 0 Å². The molecule has 0 heterocycles. The maximum absolute atomic E-state index is 10.6. The van der Waals surface area contributed by atoms with E-state index in [9.17, 15) is 8.42 Å². The third-order valence-electron chi connectivity index (χ3n) is 2.29. The van der Waals surface area contributed by atoms with Crippen LogP contribution in [-0.2, 0) is 14.3 Å². The van der Waals surface area contributed by atoms with Gasteiger partial charge in [0.2, 0.25) is 0 Å². The molecule has 0 unspecified atom stereocenters. The molecule has 0 bridgehead atoms. The lowest BCUT2D eigenvalue weighted by molar-refractivity contribution is 0.237. The molecular formula is C7H14O3S. The Balaban J connectivity index is 2.33. The minimum absolute atomic E-state index is 0.198. The van der Waals surface area contributed by atoms with E-state index in [1.165, 1.54) is 0 Å². The number of hydrogen-bond donors (Lipinski definition) is 0. The molecule has 0 aromatic heterocycles. The highest BCUT2D eigenvalue weighted by molar-refractivity contribution is 7.85. The van der Waals surface area contributed by atoms with Gasteiger partial charge >= 0.3 is 0 Å². The van der Waals surface area contributed by atoms with Crippen molar-refractivity contribution in [2.24, 2.45) is 5.41 Å². The Hall–Kier alpha value is -0.0900. The molecule has 4 heteroatoms. The molecular weight excluding hydrogens is 164 g/mol. The smallest absolute Gasteiger partial charge is 0.264 e. The molecule has 0 aromatic rings. The van der Waals surface area contributed by atoms with Crippen molar-refractivity contribution in [2.45, 2.75) is 26.2 Å². The van der Waals surface area contributed by atoms with E-state index in [-0.39, 0.29) is 5.41 Å². The zero-order chi connectivity index (χ0) is 8.54. The fraction of sp³-hybridized carbons (Fsp3) is 1.00. The second-order valence-corrected chi connectivity index (χ2v) is 4.96. The van der Waals surface area contributed by atoms with Crippen molar-refractivity contribution in [3.05, 3.63) is 0 Å². The summed E-state index contributed by atoms with van der Waals surface area (Å²) in [5, 5.41) is 0. The van der Waals surface area contributed by atoms with Gasteiger partial charge in [-0.3, -0.25) is 4.18 Å². The van der Waals surface area contributed by atoms with Gasteiger partial charge in [-0.05, 0) is 24.7 Å². The molecule has 0 amide bonds. The maximum atomic E-state index is 10.6. The van der Waals surface area contributed by atoms with Crippen LogP contribution in [0.15, 0.2) is 0 Å². The van der Waals surface area contributed by atoms with Gasteiger partial charge in [-0.1, -0.05) is 6.92 Å². The highest BCUT2D eigenvalue weighted by Gasteiger charge is 2.41. The second kappa shape index (κ2) is 2.75. The third kappa shape index (κ3) is 2.79. The Morgan fingerprint density at radius 1 is 1.45 bits per heavy atom. The van der Waals surface area contributed by atoms with Crippen molar-refractivity contribution in [3.8, 4) is 0 Å². The molecule has 1 aliphatic rings. The van der Waals surface area contributed by atoms with Gasteiger partial charge in [0.15, 0.2) is 0 Å². The molecule has 66 valence electrons. The topological polar surface area (TPSA) is 43.4 Å². The summed E-state index contributed by atoms with van der Waals surface area (Å²) in [6.07, 6.45) is 4.33. The minimum Gasteiger partial charge on any atom is -0.270 e. The van der Waals surface area contributed by atoms with E-state index in [1.807, 2.05) is 0 Å². The van der Waals surface area contributed by atoms with Crippen LogP contribution in [-0.4, -0.2) is 21.3 Å². The monoisotopic (exact) mass is 178 g/mol. The van der Waals surface area contributed by atoms with Crippen molar-refractivity contribution in [1.82, 2.24) is 0 Å². The van der Waals surface area contributed by atoms with Crippen LogP contribution in [0, 0.1) is 5.41 Å². The Kier molecular flexibility index (Phi) is 2.25. The molecule has 1 saturated carbocycles. The fourth-order valence-corrected chi connectivity index (χ4v) is 1.47. The fourth-order valence-electron chi connectivity index (χ4n) is 1.01. The highest BCUT2D eigenvalue weighted by Crippen LogP contribution is 2.48. The molecule has 11 heavy (non-hydrogen) atoms. The van der Waals surface area contributed by atoms with Crippen LogP contribution in [0.25, 0.3) is 0 Å². The van der Waals surface area contributed by atoms with Gasteiger partial charge in [0, 0.05) is 0 Å². The first-order chi connectivity index (χ1) is 4.97. The summed E-state index contributed by atoms with van der Waals surface area (Å²) in [6.45, 7) is 2.45. The zero-order valence-corrected chi connectivity index (χ0v) is 7.78. The van der Waals surface area contributed by atoms with Crippen LogP contribution in [0.4, 0.5) is 0 Å². The maximum Gasteiger partial charge on any atom is 0.264 e. The van der Waals surface area contributed by atoms with Crippen molar-refractivity contribution in [3.63, 3.8) is 0 Å². The molecule has 1 aliphatic carbocycles. The lowest BCUT2D eigenvalue weighted by Crippen LogP contribution is -2.13. The average Bonchev–Trinajstić information content (AvgIpc) is 2.63. The average molecular weight is 178 g/mol. The summed E-state index contributed by atoms with van der Waals surface area (Å²) < 4.78 is 25.9. The summed E-state index contributed by atoms with van der Waals surface area (Å²) >= 11 is 0. The van der Waals surface area contributed by atoms with Crippen LogP contribution in [0.5, 0.6) is 0 Å². The molecule has 3 nitrogen and oxygen atoms in total. The van der Waals surface area contributed by atoms with Crippen LogP contribution in [0.3, 0.4) is 0 Å². The molecule has 1 fully saturated rings. The SMILES string of the molecule is CCC1(COS(C)(=O)=O)CC1. The van der Waals surface area contributed by atoms with Crippen molar-refractivity contribution in [2.75, 3.05) is 12.9 Å². The normalized spacial score (nSPS) is 21.6. The van der Waals surface area contributed by atoms with Gasteiger partial charge in [-0.25, -0.2) is 0 Å². The zero-order valence-electron chi connectivity index (χ0n) is 6.96. The molecule has 0 spiro atoms. The molecule has 0 aliphatic heterocycles. The first-order valence-electron chi connectivity index (χ1n) is 3.82. The summed E-state index contributed by atoms with van der Waals surface area (Å²) in [7, 11) is -3.23. The highest BCUT2D eigenvalue weighted by atomic mass is 32.2. The first-order valence-corrected chi connectivity index (χ1v) is 5.63. The number of hydrogen-bond acceptors (Lipinski definition) is 3. The van der Waals surface area contributed by atoms with Crippen LogP contribution in [0.1, 0.15) is 26.2 Å². The Morgan fingerprint density at radius 2 is 2.00 bits per heavy atom. The summed E-state index contributed by atoms with van der Waals surface area (Å²) in [4.78, 5) is 0. The summed E-state index contributed by atoms with van der Waals surface area (Å²) in [5.74, 6) is 0. The van der Waals surface area contributed by atoms with Gasteiger partial charge in [-0.15, -0.1) is 0 Å². The standard InChI is InChI=1S/C7H14O3S/c1-3-7(4-5-7)6-10-11(2,8)9/h3-6H2,1-2H3. The predicted octanol–water partition coefficient (Wildman–Crippen LogP) is 1.15. The Morgan fingerprint density at radius 3 is 2.27 bits per heavy atom. The van der Waals surface area contributed by atoms with Gasteiger partial charge in [-0.2, -0.15) is 8.42 Å². The molecule has 0 radical (unpaired) electrons. The van der Waals surface area contributed by atoms with Gasteiger partial charge < -0.3 is 0 Å². The van der Waals surface area contributed by atoms with Crippen LogP contribution >= 0.6 is 0 Å². The van der Waals surface area contributed by atoms with E-state index in [0.29, 0.717) is 6.61 Å². The lowest BCUT2D eigenvalue weighted by atomic mass is 10.1. The van der Waals surface area contributed by atoms with Crippen molar-refractivity contribution >= 4 is 10.1 Å². The third-order valence-corrected chi connectivity index (χ3v) is 2.83. The van der Waals surface area contributed by atoms with Gasteiger partial charge in [0.1, 0.15) is 0 Å². The molecule has 0 N–H and O–H groups in total. The van der Waals surface area contributed by atoms with Crippen molar-refractivity contribution < 1.29 is 12.6 Å².